The molecule has 2 aliphatic carbocycles. The van der Waals surface area contributed by atoms with Gasteiger partial charge in [0.05, 0.1) is 15.6 Å². The second-order valence-corrected chi connectivity index (χ2v) is 12.1. The number of aromatic hydroxyl groups is 1. The topological polar surface area (TPSA) is 28.2 Å². The number of allylic oxidation sites excluding steroid dienone is 2. The largest absolute Gasteiger partial charge is 0.737 e. The van der Waals surface area contributed by atoms with Crippen molar-refractivity contribution in [3.8, 4) is 17.0 Å². The van der Waals surface area contributed by atoms with Crippen LogP contribution in [-0.4, -0.2) is 26.8 Å². The van der Waals surface area contributed by atoms with Crippen molar-refractivity contribution < 1.29 is 18.2 Å². The van der Waals surface area contributed by atoms with Crippen LogP contribution >= 0.6 is 23.2 Å². The number of halogens is 4. The third kappa shape index (κ3) is 3.53. The zero-order valence-electron chi connectivity index (χ0n) is 22.1. The van der Waals surface area contributed by atoms with Gasteiger partial charge in [-0.3, -0.25) is 0 Å². The second-order valence-electron chi connectivity index (χ2n) is 11.3. The number of rotatable bonds is 1. The quantitative estimate of drug-likeness (QED) is 0.223. The van der Waals surface area contributed by atoms with Crippen molar-refractivity contribution in [2.75, 3.05) is 0 Å². The fraction of sp³-hybridized carbons (Fsp3) is 0.182. The van der Waals surface area contributed by atoms with Crippen LogP contribution in [0.3, 0.4) is 0 Å². The minimum absolute atomic E-state index is 0.0742. The standard InChI is InChI=1S/C33H25BCl2F2N2O/c35-26-17-23(41)18-27(36)30(26)31-28-15-21-11-5-9-19-7-1-3-13-24(19)32(21)39(28)34(37,38)40-29(31)16-22-12-6-10-20-8-2-4-14-25(20)33(22)40/h1-4,7-8,13-18,41H,5-6,9-12H2. The van der Waals surface area contributed by atoms with E-state index in [1.54, 1.807) is 0 Å². The summed E-state index contributed by atoms with van der Waals surface area (Å²) in [6.07, 6.45) is 6.71. The summed E-state index contributed by atoms with van der Waals surface area (Å²) in [7, 11) is 0. The van der Waals surface area contributed by atoms with Crippen LogP contribution in [0.25, 0.3) is 16.8 Å². The fourth-order valence-corrected chi connectivity index (χ4v) is 8.02. The minimum Gasteiger partial charge on any atom is -0.508 e. The number of benzene rings is 3. The highest BCUT2D eigenvalue weighted by molar-refractivity contribution is 6.59. The van der Waals surface area contributed by atoms with Crippen LogP contribution in [-0.2, 0) is 19.3 Å². The van der Waals surface area contributed by atoms with E-state index in [9.17, 15) is 5.11 Å². The minimum atomic E-state index is -4.31. The maximum absolute atomic E-state index is 17.5. The zero-order valence-corrected chi connectivity index (χ0v) is 23.6. The van der Waals surface area contributed by atoms with Crippen molar-refractivity contribution in [1.82, 2.24) is 4.48 Å². The summed E-state index contributed by atoms with van der Waals surface area (Å²) in [4.78, 5) is 0. The first-order chi connectivity index (χ1) is 19.8. The molecule has 0 bridgehead atoms. The van der Waals surface area contributed by atoms with Gasteiger partial charge in [0.25, 0.3) is 0 Å². The molecule has 3 heterocycles. The van der Waals surface area contributed by atoms with Crippen molar-refractivity contribution in [1.29, 1.82) is 0 Å². The lowest BCUT2D eigenvalue weighted by atomic mass is 9.84. The summed E-state index contributed by atoms with van der Waals surface area (Å²) in [6.45, 7) is -4.31. The predicted octanol–water partition coefficient (Wildman–Crippen LogP) is 8.43. The molecule has 0 fully saturated rings. The van der Waals surface area contributed by atoms with Gasteiger partial charge in [0.15, 0.2) is 11.4 Å². The van der Waals surface area contributed by atoms with E-state index in [1.807, 2.05) is 60.7 Å². The Morgan fingerprint density at radius 2 is 1.39 bits per heavy atom. The molecule has 4 aromatic rings. The molecule has 3 aromatic carbocycles. The van der Waals surface area contributed by atoms with E-state index < -0.39 is 6.97 Å². The molecule has 0 unspecified atom stereocenters. The Morgan fingerprint density at radius 3 is 2.12 bits per heavy atom. The molecule has 0 saturated heterocycles. The average molecular weight is 585 g/mol. The zero-order chi connectivity index (χ0) is 28.0. The number of hydrogen-bond acceptors (Lipinski definition) is 1. The molecule has 3 nitrogen and oxygen atoms in total. The van der Waals surface area contributed by atoms with Gasteiger partial charge in [0.1, 0.15) is 5.75 Å². The Bertz CT molecular complexity index is 1900. The van der Waals surface area contributed by atoms with Crippen LogP contribution in [0, 0.1) is 0 Å². The van der Waals surface area contributed by atoms with Gasteiger partial charge >= 0.3 is 6.97 Å². The van der Waals surface area contributed by atoms with Gasteiger partial charge in [0.2, 0.25) is 0 Å². The summed E-state index contributed by atoms with van der Waals surface area (Å²) in [5, 5.41) is 10.7. The molecule has 4 aliphatic rings. The summed E-state index contributed by atoms with van der Waals surface area (Å²) in [5.74, 6) is -0.0742. The van der Waals surface area contributed by atoms with E-state index in [1.165, 1.54) is 21.1 Å². The molecule has 8 rings (SSSR count). The highest BCUT2D eigenvalue weighted by Crippen LogP contribution is 2.50. The van der Waals surface area contributed by atoms with Gasteiger partial charge in [0, 0.05) is 34.2 Å². The number of aromatic nitrogens is 1. The first-order valence-corrected chi connectivity index (χ1v) is 14.8. The summed E-state index contributed by atoms with van der Waals surface area (Å²) in [5.41, 5.74) is 8.57. The highest BCUT2D eigenvalue weighted by Gasteiger charge is 2.57. The maximum Gasteiger partial charge on any atom is 0.737 e. The van der Waals surface area contributed by atoms with Crippen LogP contribution in [0.2, 0.25) is 10.0 Å². The van der Waals surface area contributed by atoms with Gasteiger partial charge in [-0.25, -0.2) is 0 Å². The lowest BCUT2D eigenvalue weighted by Crippen LogP contribution is -2.51. The van der Waals surface area contributed by atoms with E-state index in [4.69, 9.17) is 23.2 Å². The van der Waals surface area contributed by atoms with Gasteiger partial charge in [-0.05, 0) is 85.0 Å². The predicted molar refractivity (Wildman–Crippen MR) is 161 cm³/mol. The Labute approximate surface area is 246 Å². The van der Waals surface area contributed by atoms with Crippen LogP contribution in [0.1, 0.15) is 52.8 Å². The molecule has 0 amide bonds. The number of phenolic OH excluding ortho intramolecular Hbond substituents is 1. The maximum atomic E-state index is 17.5. The van der Waals surface area contributed by atoms with Crippen LogP contribution in [0.4, 0.5) is 8.63 Å². The molecule has 0 radical (unpaired) electrons. The Kier molecular flexibility index (Phi) is 5.48. The molecule has 0 saturated carbocycles. The lowest BCUT2D eigenvalue weighted by Gasteiger charge is -2.34. The molecule has 8 heteroatoms. The van der Waals surface area contributed by atoms with Crippen molar-refractivity contribution in [2.45, 2.75) is 38.5 Å². The van der Waals surface area contributed by atoms with Crippen LogP contribution in [0.15, 0.2) is 84.1 Å². The van der Waals surface area contributed by atoms with Gasteiger partial charge in [-0.1, -0.05) is 65.7 Å². The summed E-state index contributed by atoms with van der Waals surface area (Å²) >= 11 is 13.5. The molecular formula is C33H25BCl2F2N2O. The average Bonchev–Trinajstić information content (AvgIpc) is 3.39. The molecule has 0 atom stereocenters. The highest BCUT2D eigenvalue weighted by atomic mass is 35.5. The molecule has 0 spiro atoms. The van der Waals surface area contributed by atoms with E-state index in [0.717, 1.165) is 59.1 Å². The van der Waals surface area contributed by atoms with Crippen molar-refractivity contribution in [3.05, 3.63) is 128 Å². The molecule has 1 N–H and O–H groups in total. The summed E-state index contributed by atoms with van der Waals surface area (Å²) < 4.78 is 37.6. The Balaban J connectivity index is 1.55. The van der Waals surface area contributed by atoms with E-state index in [2.05, 4.69) is 0 Å². The number of nitrogens with zero attached hydrogens (tertiary/aromatic N) is 2. The van der Waals surface area contributed by atoms with E-state index >= 15 is 8.63 Å². The van der Waals surface area contributed by atoms with Gasteiger partial charge in [-0.2, -0.15) is 0 Å². The number of aryl methyl sites for hydroxylation is 3. The first-order valence-electron chi connectivity index (χ1n) is 14.1. The number of fused-ring (bicyclic) bond motifs is 9. The van der Waals surface area contributed by atoms with Crippen LogP contribution in [0.5, 0.6) is 5.75 Å². The first kappa shape index (κ1) is 25.1. The second kappa shape index (κ2) is 8.95. The van der Waals surface area contributed by atoms with Crippen molar-refractivity contribution >= 4 is 41.5 Å². The fourth-order valence-electron chi connectivity index (χ4n) is 7.35. The smallest absolute Gasteiger partial charge is 0.508 e. The van der Waals surface area contributed by atoms with Crippen molar-refractivity contribution in [3.63, 3.8) is 0 Å². The molecule has 41 heavy (non-hydrogen) atoms. The molecule has 2 aliphatic heterocycles. The molecular weight excluding hydrogens is 560 g/mol. The number of phenols is 1. The van der Waals surface area contributed by atoms with Gasteiger partial charge in [-0.15, -0.1) is 0 Å². The molecule has 204 valence electrons. The van der Waals surface area contributed by atoms with Crippen LogP contribution < -0.4 is 0 Å². The molecule has 1 aromatic heterocycles. The third-order valence-corrected chi connectivity index (χ3v) is 9.57. The third-order valence-electron chi connectivity index (χ3n) is 8.97. The Morgan fingerprint density at radius 1 is 0.780 bits per heavy atom. The Hall–Kier alpha value is -3.61. The number of hydrogen-bond donors (Lipinski definition) is 1. The van der Waals surface area contributed by atoms with E-state index in [-0.39, 0.29) is 15.8 Å². The van der Waals surface area contributed by atoms with Crippen molar-refractivity contribution in [2.24, 2.45) is 0 Å². The monoisotopic (exact) mass is 584 g/mol. The normalized spacial score (nSPS) is 18.4. The van der Waals surface area contributed by atoms with Gasteiger partial charge < -0.3 is 22.7 Å². The lowest BCUT2D eigenvalue weighted by molar-refractivity contribution is -0.360. The van der Waals surface area contributed by atoms with E-state index in [0.29, 0.717) is 46.8 Å². The summed E-state index contributed by atoms with van der Waals surface area (Å²) in [6, 6.07) is 20.6. The SMILES string of the molecule is Oc1cc(Cl)c(C2=C3C=C4CCCc5ccccc5C4=[N+]3[B-](F)(F)n3c2cc2c3-c3ccccc3CCC2)c(Cl)c1.